The molecule has 0 bridgehead atoms. The molecule has 130 valence electrons. The predicted octanol–water partition coefficient (Wildman–Crippen LogP) is 5.40. The number of nitrogens with one attached hydrogen (secondary N) is 1. The van der Waals surface area contributed by atoms with Crippen molar-refractivity contribution >= 4 is 34.6 Å². The van der Waals surface area contributed by atoms with Crippen molar-refractivity contribution < 1.29 is 4.79 Å². The number of benzene rings is 3. The average molecular weight is 380 g/mol. The number of hydrogen-bond acceptors (Lipinski definition) is 2. The molecule has 26 heavy (non-hydrogen) atoms. The second-order valence-electron chi connectivity index (χ2n) is 6.15. The fourth-order valence-corrected chi connectivity index (χ4v) is 3.24. The van der Waals surface area contributed by atoms with Crippen molar-refractivity contribution in [2.75, 3.05) is 0 Å². The third kappa shape index (κ3) is 3.85. The minimum absolute atomic E-state index is 0.173. The van der Waals surface area contributed by atoms with E-state index in [1.54, 1.807) is 24.3 Å². The first kappa shape index (κ1) is 18.3. The van der Waals surface area contributed by atoms with Gasteiger partial charge in [-0.3, -0.25) is 4.79 Å². The Morgan fingerprint density at radius 3 is 1.96 bits per heavy atom. The molecular formula is C22H18ClNOS. The van der Waals surface area contributed by atoms with E-state index < -0.39 is 5.54 Å². The highest BCUT2D eigenvalue weighted by molar-refractivity contribution is 7.81. The van der Waals surface area contributed by atoms with Gasteiger partial charge in [0.1, 0.15) is 0 Å². The SMILES string of the molecule is C[C@](NC(=O)c1ccccc1)(C(=S)c1ccc(Cl)cc1)c1ccccc1. The quantitative estimate of drug-likeness (QED) is 0.474. The summed E-state index contributed by atoms with van der Waals surface area (Å²) in [5, 5.41) is 3.77. The van der Waals surface area contributed by atoms with Gasteiger partial charge in [-0.25, -0.2) is 0 Å². The minimum Gasteiger partial charge on any atom is -0.338 e. The lowest BCUT2D eigenvalue weighted by Crippen LogP contribution is -2.49. The minimum atomic E-state index is -0.836. The molecule has 0 radical (unpaired) electrons. The zero-order chi connectivity index (χ0) is 18.6. The van der Waals surface area contributed by atoms with E-state index >= 15 is 0 Å². The zero-order valence-corrected chi connectivity index (χ0v) is 15.8. The van der Waals surface area contributed by atoms with Crippen molar-refractivity contribution in [2.24, 2.45) is 0 Å². The van der Waals surface area contributed by atoms with Crippen LogP contribution in [0.1, 0.15) is 28.4 Å². The Labute approximate surface area is 163 Å². The first-order valence-corrected chi connectivity index (χ1v) is 9.03. The Hall–Kier alpha value is -2.49. The van der Waals surface area contributed by atoms with Crippen molar-refractivity contribution in [3.05, 3.63) is 107 Å². The summed E-state index contributed by atoms with van der Waals surface area (Å²) >= 11 is 11.8. The van der Waals surface area contributed by atoms with Crippen molar-refractivity contribution in [1.82, 2.24) is 5.32 Å². The molecule has 3 rings (SSSR count). The maximum atomic E-state index is 12.8. The van der Waals surface area contributed by atoms with Crippen LogP contribution >= 0.6 is 23.8 Å². The van der Waals surface area contributed by atoms with Gasteiger partial charge in [-0.1, -0.05) is 84.5 Å². The monoisotopic (exact) mass is 379 g/mol. The maximum absolute atomic E-state index is 12.8. The Kier molecular flexibility index (Phi) is 5.50. The summed E-state index contributed by atoms with van der Waals surface area (Å²) in [6.45, 7) is 1.93. The van der Waals surface area contributed by atoms with Crippen molar-refractivity contribution in [2.45, 2.75) is 12.5 Å². The molecule has 3 aromatic carbocycles. The summed E-state index contributed by atoms with van der Waals surface area (Å²) in [7, 11) is 0. The molecule has 0 spiro atoms. The van der Waals surface area contributed by atoms with Crippen LogP contribution in [-0.4, -0.2) is 10.8 Å². The molecule has 0 saturated carbocycles. The second-order valence-corrected chi connectivity index (χ2v) is 6.99. The van der Waals surface area contributed by atoms with Gasteiger partial charge in [0.05, 0.1) is 10.4 Å². The topological polar surface area (TPSA) is 29.1 Å². The molecule has 1 N–H and O–H groups in total. The second kappa shape index (κ2) is 7.81. The first-order chi connectivity index (χ1) is 12.5. The van der Waals surface area contributed by atoms with E-state index in [9.17, 15) is 4.79 Å². The molecule has 0 unspecified atom stereocenters. The Bertz CT molecular complexity index is 910. The van der Waals surface area contributed by atoms with Crippen molar-refractivity contribution in [3.8, 4) is 0 Å². The molecule has 0 aliphatic heterocycles. The number of rotatable bonds is 5. The van der Waals surface area contributed by atoms with Crippen LogP contribution in [0.2, 0.25) is 5.02 Å². The van der Waals surface area contributed by atoms with E-state index in [-0.39, 0.29) is 5.91 Å². The van der Waals surface area contributed by atoms with Gasteiger partial charge in [-0.05, 0) is 42.3 Å². The highest BCUT2D eigenvalue weighted by Crippen LogP contribution is 2.28. The molecule has 0 heterocycles. The lowest BCUT2D eigenvalue weighted by Gasteiger charge is -2.32. The number of thiocarbonyl (C=S) groups is 1. The Morgan fingerprint density at radius 2 is 1.38 bits per heavy atom. The first-order valence-electron chi connectivity index (χ1n) is 8.24. The molecule has 0 aliphatic carbocycles. The van der Waals surface area contributed by atoms with Crippen LogP contribution in [0.4, 0.5) is 0 Å². The van der Waals surface area contributed by atoms with Crippen LogP contribution < -0.4 is 5.32 Å². The zero-order valence-electron chi connectivity index (χ0n) is 14.3. The molecule has 0 aliphatic rings. The van der Waals surface area contributed by atoms with Crippen molar-refractivity contribution in [3.63, 3.8) is 0 Å². The third-order valence-corrected chi connectivity index (χ3v) is 5.21. The molecule has 0 aromatic heterocycles. The molecule has 1 atom stereocenters. The molecule has 0 fully saturated rings. The van der Waals surface area contributed by atoms with E-state index in [4.69, 9.17) is 23.8 Å². The molecule has 0 saturated heterocycles. The lowest BCUT2D eigenvalue weighted by atomic mass is 9.85. The lowest BCUT2D eigenvalue weighted by molar-refractivity contribution is 0.0927. The molecular weight excluding hydrogens is 362 g/mol. The van der Waals surface area contributed by atoms with Crippen LogP contribution in [0, 0.1) is 0 Å². The third-order valence-electron chi connectivity index (χ3n) is 4.31. The van der Waals surface area contributed by atoms with E-state index in [0.29, 0.717) is 15.5 Å². The van der Waals surface area contributed by atoms with Crippen LogP contribution in [0.3, 0.4) is 0 Å². The maximum Gasteiger partial charge on any atom is 0.252 e. The van der Waals surface area contributed by atoms with Gasteiger partial charge in [-0.2, -0.15) is 0 Å². The number of carbonyl (C=O) groups excluding carboxylic acids is 1. The summed E-state index contributed by atoms with van der Waals surface area (Å²) in [5.74, 6) is -0.173. The summed E-state index contributed by atoms with van der Waals surface area (Å²) in [4.78, 5) is 13.5. The molecule has 4 heteroatoms. The van der Waals surface area contributed by atoms with Crippen LogP contribution in [-0.2, 0) is 5.54 Å². The summed E-state index contributed by atoms with van der Waals surface area (Å²) < 4.78 is 0. The van der Waals surface area contributed by atoms with Crippen LogP contribution in [0.15, 0.2) is 84.9 Å². The number of amides is 1. The number of hydrogen-bond donors (Lipinski definition) is 1. The van der Waals surface area contributed by atoms with E-state index in [1.165, 1.54) is 0 Å². The summed E-state index contributed by atoms with van der Waals surface area (Å²) in [6, 6.07) is 26.2. The highest BCUT2D eigenvalue weighted by atomic mass is 35.5. The molecule has 1 amide bonds. The van der Waals surface area contributed by atoms with E-state index in [0.717, 1.165) is 11.1 Å². The van der Waals surface area contributed by atoms with Gasteiger partial charge in [0.2, 0.25) is 0 Å². The largest absolute Gasteiger partial charge is 0.338 e. The number of carbonyl (C=O) groups is 1. The average Bonchev–Trinajstić information content (AvgIpc) is 2.69. The summed E-state index contributed by atoms with van der Waals surface area (Å²) in [6.07, 6.45) is 0. The smallest absolute Gasteiger partial charge is 0.252 e. The van der Waals surface area contributed by atoms with Gasteiger partial charge in [0.15, 0.2) is 0 Å². The van der Waals surface area contributed by atoms with Gasteiger partial charge in [-0.15, -0.1) is 0 Å². The fourth-order valence-electron chi connectivity index (χ4n) is 2.81. The van der Waals surface area contributed by atoms with Crippen LogP contribution in [0.5, 0.6) is 0 Å². The predicted molar refractivity (Wildman–Crippen MR) is 111 cm³/mol. The normalized spacial score (nSPS) is 12.8. The standard InChI is InChI=1S/C22H18ClNOS/c1-22(18-10-6-3-7-11-18,20(26)16-12-14-19(23)15-13-16)24-21(25)17-8-4-2-5-9-17/h2-15H,1H3,(H,24,25)/t22-/m1/s1. The Morgan fingerprint density at radius 1 is 0.846 bits per heavy atom. The van der Waals surface area contributed by atoms with Gasteiger partial charge in [0, 0.05) is 10.6 Å². The summed E-state index contributed by atoms with van der Waals surface area (Å²) in [5.41, 5.74) is 1.53. The van der Waals surface area contributed by atoms with Gasteiger partial charge >= 0.3 is 0 Å². The molecule has 2 nitrogen and oxygen atoms in total. The van der Waals surface area contributed by atoms with E-state index in [1.807, 2.05) is 67.6 Å². The fraction of sp³-hybridized carbons (Fsp3) is 0.0909. The van der Waals surface area contributed by atoms with Gasteiger partial charge < -0.3 is 5.32 Å². The van der Waals surface area contributed by atoms with Crippen LogP contribution in [0.25, 0.3) is 0 Å². The molecule has 3 aromatic rings. The highest BCUT2D eigenvalue weighted by Gasteiger charge is 2.34. The van der Waals surface area contributed by atoms with E-state index in [2.05, 4.69) is 5.32 Å². The number of halogens is 1. The van der Waals surface area contributed by atoms with Crippen molar-refractivity contribution in [1.29, 1.82) is 0 Å². The van der Waals surface area contributed by atoms with Gasteiger partial charge in [0.25, 0.3) is 5.91 Å². The Balaban J connectivity index is 2.01.